The Bertz CT molecular complexity index is 409. The van der Waals surface area contributed by atoms with Gasteiger partial charge in [0.2, 0.25) is 5.78 Å². The number of esters is 1. The van der Waals surface area contributed by atoms with Gasteiger partial charge in [-0.3, -0.25) is 4.79 Å². The molecule has 0 saturated heterocycles. The molecule has 1 aliphatic heterocycles. The first-order chi connectivity index (χ1) is 7.24. The van der Waals surface area contributed by atoms with Gasteiger partial charge in [-0.05, 0) is 12.5 Å². The fourth-order valence-corrected chi connectivity index (χ4v) is 1.75. The molecule has 0 aromatic heterocycles. The summed E-state index contributed by atoms with van der Waals surface area (Å²) in [6.45, 7) is 1.96. The number of Topliss-reactive ketones (excluding diaryl/α,β-unsaturated/α-hetero) is 1. The molecule has 0 amide bonds. The van der Waals surface area contributed by atoms with E-state index >= 15 is 0 Å². The van der Waals surface area contributed by atoms with Crippen molar-refractivity contribution in [3.63, 3.8) is 0 Å². The maximum absolute atomic E-state index is 11.9. The van der Waals surface area contributed by atoms with Crippen molar-refractivity contribution in [1.29, 1.82) is 0 Å². The minimum absolute atomic E-state index is 0.0768. The van der Waals surface area contributed by atoms with E-state index in [1.807, 2.05) is 6.92 Å². The number of fused-ring (bicyclic) bond motifs is 1. The first-order valence-electron chi connectivity index (χ1n) is 5.08. The van der Waals surface area contributed by atoms with Crippen LogP contribution in [0.15, 0.2) is 24.3 Å². The third kappa shape index (κ3) is 1.65. The maximum atomic E-state index is 11.9. The van der Waals surface area contributed by atoms with Crippen molar-refractivity contribution in [2.45, 2.75) is 25.9 Å². The molecule has 0 saturated carbocycles. The number of ketones is 1. The molecule has 1 atom stereocenters. The molecule has 15 heavy (non-hydrogen) atoms. The van der Waals surface area contributed by atoms with E-state index in [2.05, 4.69) is 0 Å². The standard InChI is InChI=1S/C12H12O3/c1-2-5-10-11(13)8-6-3-4-7-9(8)12(14)15-10/h3-4,6-7,10H,2,5H2,1H3. The van der Waals surface area contributed by atoms with Crippen LogP contribution in [0.1, 0.15) is 40.5 Å². The van der Waals surface area contributed by atoms with E-state index in [0.29, 0.717) is 17.5 Å². The van der Waals surface area contributed by atoms with Crippen LogP contribution in [0.2, 0.25) is 0 Å². The summed E-state index contributed by atoms with van der Waals surface area (Å²) in [6.07, 6.45) is 0.836. The summed E-state index contributed by atoms with van der Waals surface area (Å²) in [5.74, 6) is -0.462. The van der Waals surface area contributed by atoms with Crippen molar-refractivity contribution >= 4 is 11.8 Å². The Morgan fingerprint density at radius 3 is 2.53 bits per heavy atom. The lowest BCUT2D eigenvalue weighted by atomic mass is 9.95. The van der Waals surface area contributed by atoms with Gasteiger partial charge in [0.25, 0.3) is 0 Å². The molecule has 1 unspecified atom stereocenters. The second kappa shape index (κ2) is 3.85. The summed E-state index contributed by atoms with van der Waals surface area (Å²) in [7, 11) is 0. The van der Waals surface area contributed by atoms with E-state index < -0.39 is 6.10 Å². The van der Waals surface area contributed by atoms with Crippen molar-refractivity contribution in [3.05, 3.63) is 35.4 Å². The number of benzene rings is 1. The lowest BCUT2D eigenvalue weighted by Gasteiger charge is -2.22. The predicted octanol–water partition coefficient (Wildman–Crippen LogP) is 2.21. The molecule has 1 heterocycles. The normalized spacial score (nSPS) is 19.7. The van der Waals surface area contributed by atoms with Gasteiger partial charge in [-0.2, -0.15) is 0 Å². The van der Waals surface area contributed by atoms with Crippen LogP contribution in [0, 0.1) is 0 Å². The molecular formula is C12H12O3. The highest BCUT2D eigenvalue weighted by molar-refractivity contribution is 6.12. The van der Waals surface area contributed by atoms with E-state index in [0.717, 1.165) is 6.42 Å². The molecule has 3 heteroatoms. The van der Waals surface area contributed by atoms with Crippen LogP contribution < -0.4 is 0 Å². The lowest BCUT2D eigenvalue weighted by Crippen LogP contribution is -2.33. The van der Waals surface area contributed by atoms with Crippen LogP contribution in [0.3, 0.4) is 0 Å². The summed E-state index contributed by atoms with van der Waals surface area (Å²) in [6, 6.07) is 6.80. The van der Waals surface area contributed by atoms with Crippen LogP contribution in [0.25, 0.3) is 0 Å². The van der Waals surface area contributed by atoms with Crippen molar-refractivity contribution < 1.29 is 14.3 Å². The van der Waals surface area contributed by atoms with E-state index in [-0.39, 0.29) is 11.8 Å². The number of carbonyl (C=O) groups excluding carboxylic acids is 2. The fraction of sp³-hybridized carbons (Fsp3) is 0.333. The van der Waals surface area contributed by atoms with Crippen molar-refractivity contribution in [2.75, 3.05) is 0 Å². The topological polar surface area (TPSA) is 43.4 Å². The number of cyclic esters (lactones) is 1. The second-order valence-corrected chi connectivity index (χ2v) is 3.59. The van der Waals surface area contributed by atoms with Gasteiger partial charge in [0, 0.05) is 5.56 Å². The van der Waals surface area contributed by atoms with Gasteiger partial charge in [-0.1, -0.05) is 31.5 Å². The molecule has 2 rings (SSSR count). The van der Waals surface area contributed by atoms with Crippen LogP contribution in [-0.4, -0.2) is 17.9 Å². The van der Waals surface area contributed by atoms with Gasteiger partial charge in [0.1, 0.15) is 0 Å². The van der Waals surface area contributed by atoms with Gasteiger partial charge in [0.05, 0.1) is 5.56 Å². The van der Waals surface area contributed by atoms with Crippen molar-refractivity contribution in [3.8, 4) is 0 Å². The lowest BCUT2D eigenvalue weighted by molar-refractivity contribution is 0.0228. The van der Waals surface area contributed by atoms with Gasteiger partial charge in [0.15, 0.2) is 6.10 Å². The van der Waals surface area contributed by atoms with Crippen LogP contribution in [0.5, 0.6) is 0 Å². The average Bonchev–Trinajstić information content (AvgIpc) is 2.26. The monoisotopic (exact) mass is 204 g/mol. The van der Waals surface area contributed by atoms with E-state index in [4.69, 9.17) is 4.74 Å². The molecule has 0 spiro atoms. The Kier molecular flexibility index (Phi) is 2.54. The highest BCUT2D eigenvalue weighted by atomic mass is 16.5. The molecule has 1 aliphatic rings. The number of hydrogen-bond acceptors (Lipinski definition) is 3. The molecule has 78 valence electrons. The van der Waals surface area contributed by atoms with Gasteiger partial charge in [-0.25, -0.2) is 4.79 Å². The average molecular weight is 204 g/mol. The number of rotatable bonds is 2. The summed E-state index contributed by atoms with van der Waals surface area (Å²) in [4.78, 5) is 23.4. The number of carbonyl (C=O) groups is 2. The third-order valence-electron chi connectivity index (χ3n) is 2.51. The maximum Gasteiger partial charge on any atom is 0.339 e. The molecule has 0 N–H and O–H groups in total. The Hall–Kier alpha value is -1.64. The molecule has 0 fully saturated rings. The second-order valence-electron chi connectivity index (χ2n) is 3.59. The molecular weight excluding hydrogens is 192 g/mol. The Labute approximate surface area is 88.1 Å². The first kappa shape index (κ1) is 9.90. The minimum Gasteiger partial charge on any atom is -0.450 e. The highest BCUT2D eigenvalue weighted by Crippen LogP contribution is 2.22. The van der Waals surface area contributed by atoms with Crippen molar-refractivity contribution in [1.82, 2.24) is 0 Å². The minimum atomic E-state index is -0.586. The smallest absolute Gasteiger partial charge is 0.339 e. The SMILES string of the molecule is CCCC1OC(=O)c2ccccc2C1=O. The summed E-state index contributed by atoms with van der Waals surface area (Å²) >= 11 is 0. The van der Waals surface area contributed by atoms with Gasteiger partial charge in [-0.15, -0.1) is 0 Å². The zero-order valence-electron chi connectivity index (χ0n) is 8.53. The van der Waals surface area contributed by atoms with Crippen LogP contribution in [-0.2, 0) is 4.74 Å². The fourth-order valence-electron chi connectivity index (χ4n) is 1.75. The largest absolute Gasteiger partial charge is 0.450 e. The zero-order chi connectivity index (χ0) is 10.8. The number of ether oxygens (including phenoxy) is 1. The molecule has 0 radical (unpaired) electrons. The Balaban J connectivity index is 2.40. The molecule has 0 bridgehead atoms. The summed E-state index contributed by atoms with van der Waals surface area (Å²) in [5, 5.41) is 0. The Morgan fingerprint density at radius 2 is 1.87 bits per heavy atom. The molecule has 0 aliphatic carbocycles. The van der Waals surface area contributed by atoms with Crippen LogP contribution >= 0.6 is 0 Å². The summed E-state index contributed by atoms with van der Waals surface area (Å²) in [5.41, 5.74) is 0.877. The van der Waals surface area contributed by atoms with E-state index in [1.165, 1.54) is 0 Å². The molecule has 3 nitrogen and oxygen atoms in total. The van der Waals surface area contributed by atoms with Gasteiger partial charge < -0.3 is 4.74 Å². The van der Waals surface area contributed by atoms with Crippen LogP contribution in [0.4, 0.5) is 0 Å². The first-order valence-corrected chi connectivity index (χ1v) is 5.08. The molecule has 1 aromatic rings. The van der Waals surface area contributed by atoms with Crippen molar-refractivity contribution in [2.24, 2.45) is 0 Å². The zero-order valence-corrected chi connectivity index (χ0v) is 8.53. The van der Waals surface area contributed by atoms with E-state index in [1.54, 1.807) is 24.3 Å². The summed E-state index contributed by atoms with van der Waals surface area (Å²) < 4.78 is 5.08. The van der Waals surface area contributed by atoms with E-state index in [9.17, 15) is 9.59 Å². The predicted molar refractivity (Wildman–Crippen MR) is 54.9 cm³/mol. The third-order valence-corrected chi connectivity index (χ3v) is 2.51. The van der Waals surface area contributed by atoms with Gasteiger partial charge >= 0.3 is 5.97 Å². The highest BCUT2D eigenvalue weighted by Gasteiger charge is 2.32. The molecule has 1 aromatic carbocycles. The Morgan fingerprint density at radius 1 is 1.20 bits per heavy atom. The quantitative estimate of drug-likeness (QED) is 0.693. The number of hydrogen-bond donors (Lipinski definition) is 0.